The summed E-state index contributed by atoms with van der Waals surface area (Å²) in [4.78, 5) is 0. The van der Waals surface area contributed by atoms with Gasteiger partial charge >= 0.3 is 0 Å². The van der Waals surface area contributed by atoms with Crippen LogP contribution in [-0.4, -0.2) is 131 Å². The first-order valence-electron chi connectivity index (χ1n) is 7.04. The fourth-order valence-corrected chi connectivity index (χ4v) is 1.75. The highest BCUT2D eigenvalue weighted by atomic mass is 16.6. The van der Waals surface area contributed by atoms with Crippen LogP contribution in [0, 0.1) is 0 Å². The van der Waals surface area contributed by atoms with Gasteiger partial charge in [-0.3, -0.25) is 0 Å². The lowest BCUT2D eigenvalue weighted by atomic mass is 10.00. The first kappa shape index (κ1) is 23.5. The predicted molar refractivity (Wildman–Crippen MR) is 74.2 cm³/mol. The van der Waals surface area contributed by atoms with Crippen molar-refractivity contribution in [3.8, 4) is 0 Å². The van der Waals surface area contributed by atoms with E-state index < -0.39 is 74.9 Å². The van der Waals surface area contributed by atoms with Gasteiger partial charge in [-0.2, -0.15) is 0 Å². The molecule has 1 heterocycles. The largest absolute Gasteiger partial charge is 0.394 e. The van der Waals surface area contributed by atoms with E-state index in [1.165, 1.54) is 0 Å². The lowest BCUT2D eigenvalue weighted by molar-refractivity contribution is -0.286. The molecule has 1 saturated heterocycles. The second kappa shape index (κ2) is 11.2. The molecule has 1 aliphatic heterocycles. The van der Waals surface area contributed by atoms with E-state index in [2.05, 4.69) is 4.74 Å². The molecule has 5 unspecified atom stereocenters. The van der Waals surface area contributed by atoms with Gasteiger partial charge < -0.3 is 60.9 Å². The summed E-state index contributed by atoms with van der Waals surface area (Å²) in [6.07, 6.45) is -13.4. The Morgan fingerprint density at radius 3 is 1.42 bits per heavy atom. The number of rotatable bonds is 6. The molecule has 0 amide bonds. The number of hydrogen-bond donors (Lipinski definition) is 11. The van der Waals surface area contributed by atoms with Crippen molar-refractivity contribution < 1.29 is 60.9 Å². The molecular formula is C12H26O12. The maximum Gasteiger partial charge on any atom is 0.184 e. The molecule has 12 heteroatoms. The van der Waals surface area contributed by atoms with Crippen molar-refractivity contribution in [3.05, 3.63) is 0 Å². The summed E-state index contributed by atoms with van der Waals surface area (Å²) in [7, 11) is 0. The van der Waals surface area contributed by atoms with Crippen molar-refractivity contribution in [1.29, 1.82) is 0 Å². The Morgan fingerprint density at radius 1 is 0.667 bits per heavy atom. The normalized spacial score (nSPS) is 35.4. The molecule has 1 fully saturated rings. The molecular weight excluding hydrogens is 336 g/mol. The maximum absolute atomic E-state index is 9.12. The Hall–Kier alpha value is -0.480. The monoisotopic (exact) mass is 362 g/mol. The fourth-order valence-electron chi connectivity index (χ4n) is 1.75. The summed E-state index contributed by atoms with van der Waals surface area (Å²) in [6.45, 7) is -1.98. The summed E-state index contributed by atoms with van der Waals surface area (Å²) in [5.74, 6) is 0. The summed E-state index contributed by atoms with van der Waals surface area (Å²) in [6, 6.07) is 0. The first-order valence-corrected chi connectivity index (χ1v) is 7.04. The molecule has 1 aliphatic rings. The average Bonchev–Trinajstić information content (AvgIpc) is 2.60. The van der Waals surface area contributed by atoms with Crippen molar-refractivity contribution in [1.82, 2.24) is 0 Å². The molecule has 146 valence electrons. The summed E-state index contributed by atoms with van der Waals surface area (Å²) in [5, 5.41) is 96.8. The molecule has 1 rings (SSSR count). The second-order valence-electron chi connectivity index (χ2n) is 5.20. The topological polar surface area (TPSA) is 232 Å². The number of hydrogen-bond acceptors (Lipinski definition) is 12. The molecule has 11 N–H and O–H groups in total. The summed E-state index contributed by atoms with van der Waals surface area (Å²) in [5.41, 5.74) is 0. The van der Waals surface area contributed by atoms with Crippen LogP contribution in [0.15, 0.2) is 0 Å². The van der Waals surface area contributed by atoms with Crippen molar-refractivity contribution >= 4 is 0 Å². The Labute approximate surface area is 137 Å². The zero-order valence-electron chi connectivity index (χ0n) is 12.6. The molecule has 0 saturated carbocycles. The van der Waals surface area contributed by atoms with Gasteiger partial charge in [0.2, 0.25) is 0 Å². The Kier molecular flexibility index (Phi) is 11.0. The van der Waals surface area contributed by atoms with Gasteiger partial charge in [-0.1, -0.05) is 0 Å². The van der Waals surface area contributed by atoms with Crippen LogP contribution in [-0.2, 0) is 4.74 Å². The zero-order chi connectivity index (χ0) is 19.0. The van der Waals surface area contributed by atoms with E-state index in [9.17, 15) is 0 Å². The Bertz CT molecular complexity index is 308. The average molecular weight is 362 g/mol. The minimum atomic E-state index is -1.67. The minimum Gasteiger partial charge on any atom is -0.394 e. The van der Waals surface area contributed by atoms with E-state index in [1.807, 2.05) is 0 Å². The quantitative estimate of drug-likeness (QED) is 0.212. The number of aliphatic hydroxyl groups is 11. The van der Waals surface area contributed by atoms with Gasteiger partial charge in [-0.05, 0) is 0 Å². The highest BCUT2D eigenvalue weighted by Gasteiger charge is 2.42. The van der Waals surface area contributed by atoms with E-state index in [0.29, 0.717) is 0 Å². The second-order valence-corrected chi connectivity index (χ2v) is 5.20. The third kappa shape index (κ3) is 6.44. The van der Waals surface area contributed by atoms with Gasteiger partial charge in [0, 0.05) is 0 Å². The fraction of sp³-hybridized carbons (Fsp3) is 1.00. The minimum absolute atomic E-state index is 0.526. The van der Waals surface area contributed by atoms with Crippen LogP contribution < -0.4 is 0 Å². The van der Waals surface area contributed by atoms with Gasteiger partial charge in [-0.15, -0.1) is 0 Å². The highest BCUT2D eigenvalue weighted by molar-refractivity contribution is 4.88. The smallest absolute Gasteiger partial charge is 0.184 e. The molecule has 0 bridgehead atoms. The molecule has 24 heavy (non-hydrogen) atoms. The molecule has 0 aromatic rings. The molecule has 12 nitrogen and oxygen atoms in total. The van der Waals surface area contributed by atoms with E-state index in [4.69, 9.17) is 56.2 Å². The summed E-state index contributed by atoms with van der Waals surface area (Å²) >= 11 is 0. The molecule has 0 aromatic heterocycles. The van der Waals surface area contributed by atoms with Crippen LogP contribution in [0.3, 0.4) is 0 Å². The van der Waals surface area contributed by atoms with E-state index >= 15 is 0 Å². The first-order chi connectivity index (χ1) is 11.1. The highest BCUT2D eigenvalue weighted by Crippen LogP contribution is 2.19. The van der Waals surface area contributed by atoms with Crippen LogP contribution in [0.2, 0.25) is 0 Å². The molecule has 0 radical (unpaired) electrons. The van der Waals surface area contributed by atoms with Crippen molar-refractivity contribution in [2.75, 3.05) is 19.8 Å². The van der Waals surface area contributed by atoms with Crippen LogP contribution in [0.25, 0.3) is 0 Å². The van der Waals surface area contributed by atoms with E-state index in [-0.39, 0.29) is 0 Å². The molecule has 0 aromatic carbocycles. The SMILES string of the molecule is OCC1OC(O)C(O)C(O)C1O.OC[C@@H](O)[C@@H](O)[C@H](O)[C@H](O)CO. The van der Waals surface area contributed by atoms with Gasteiger partial charge in [0.15, 0.2) is 6.29 Å². The Balaban J connectivity index is 0.000000441. The zero-order valence-corrected chi connectivity index (χ0v) is 12.6. The lowest BCUT2D eigenvalue weighted by Crippen LogP contribution is -2.58. The number of aliphatic hydroxyl groups excluding tert-OH is 11. The van der Waals surface area contributed by atoms with Gasteiger partial charge in [0.25, 0.3) is 0 Å². The molecule has 0 aliphatic carbocycles. The molecule has 9 atom stereocenters. The maximum atomic E-state index is 9.12. The Morgan fingerprint density at radius 2 is 1.08 bits per heavy atom. The van der Waals surface area contributed by atoms with Crippen molar-refractivity contribution in [2.24, 2.45) is 0 Å². The lowest BCUT2D eigenvalue weighted by Gasteiger charge is -2.37. The van der Waals surface area contributed by atoms with Crippen molar-refractivity contribution in [2.45, 2.75) is 55.1 Å². The van der Waals surface area contributed by atoms with Crippen LogP contribution >= 0.6 is 0 Å². The van der Waals surface area contributed by atoms with Crippen LogP contribution in [0.4, 0.5) is 0 Å². The van der Waals surface area contributed by atoms with Gasteiger partial charge in [0.1, 0.15) is 48.8 Å². The van der Waals surface area contributed by atoms with E-state index in [1.54, 1.807) is 0 Å². The van der Waals surface area contributed by atoms with Crippen LogP contribution in [0.1, 0.15) is 0 Å². The third-order valence-corrected chi connectivity index (χ3v) is 3.38. The van der Waals surface area contributed by atoms with Gasteiger partial charge in [0.05, 0.1) is 19.8 Å². The van der Waals surface area contributed by atoms with Gasteiger partial charge in [-0.25, -0.2) is 0 Å². The van der Waals surface area contributed by atoms with Crippen LogP contribution in [0.5, 0.6) is 0 Å². The standard InChI is InChI=1S/C6H12O6.C6H14O6/c7-1-2-3(8)4(9)5(10)6(11)12-2;7-1-3(9)5(11)6(12)4(10)2-8/h2-11H,1H2;3-12H,1-2H2/t;3-,4-,5-,6-/m.1/s1. The summed E-state index contributed by atoms with van der Waals surface area (Å²) < 4.78 is 4.58. The van der Waals surface area contributed by atoms with E-state index in [0.717, 1.165) is 0 Å². The molecule has 0 spiro atoms. The predicted octanol–water partition coefficient (Wildman–Crippen LogP) is -6.81. The third-order valence-electron chi connectivity index (χ3n) is 3.38. The van der Waals surface area contributed by atoms with Crippen molar-refractivity contribution in [3.63, 3.8) is 0 Å². The number of ether oxygens (including phenoxy) is 1.